The van der Waals surface area contributed by atoms with Crippen LogP contribution >= 0.6 is 11.3 Å². The molecule has 0 bridgehead atoms. The number of nitrogens with one attached hydrogen (secondary N) is 1. The summed E-state index contributed by atoms with van der Waals surface area (Å²) in [6, 6.07) is 16.9. The maximum atomic E-state index is 12.8. The largest absolute Gasteiger partial charge is 0.397 e. The van der Waals surface area contributed by atoms with Gasteiger partial charge in [-0.1, -0.05) is 43.9 Å². The van der Waals surface area contributed by atoms with Gasteiger partial charge in [-0.2, -0.15) is 0 Å². The summed E-state index contributed by atoms with van der Waals surface area (Å²) in [4.78, 5) is 28.0. The smallest absolute Gasteiger partial charge is 0.255 e. The van der Waals surface area contributed by atoms with Crippen molar-refractivity contribution in [1.82, 2.24) is 4.90 Å². The molecule has 0 radical (unpaired) electrons. The molecule has 2 amide bonds. The number of anilines is 2. The molecule has 0 aliphatic carbocycles. The van der Waals surface area contributed by atoms with Crippen molar-refractivity contribution in [1.29, 1.82) is 0 Å². The molecule has 32 heavy (non-hydrogen) atoms. The van der Waals surface area contributed by atoms with Gasteiger partial charge < -0.3 is 21.7 Å². The molecule has 0 fully saturated rings. The third-order valence-electron chi connectivity index (χ3n) is 4.89. The van der Waals surface area contributed by atoms with Crippen LogP contribution in [0.2, 0.25) is 19.6 Å². The summed E-state index contributed by atoms with van der Waals surface area (Å²) in [5, 5.41) is 4.92. The number of hydrogen-bond acceptors (Lipinski definition) is 5. The Bertz CT molecular complexity index is 1080. The summed E-state index contributed by atoms with van der Waals surface area (Å²) >= 11 is 1.63. The molecule has 0 unspecified atom stereocenters. The maximum Gasteiger partial charge on any atom is 0.255 e. The first kappa shape index (κ1) is 23.7. The molecule has 6 nitrogen and oxygen atoms in total. The number of carbonyl (C=O) groups excluding carboxylic acids is 2. The number of thiophene rings is 1. The number of amides is 2. The number of benzene rings is 2. The van der Waals surface area contributed by atoms with Gasteiger partial charge in [-0.25, -0.2) is 0 Å². The van der Waals surface area contributed by atoms with Gasteiger partial charge in [-0.3, -0.25) is 9.59 Å². The van der Waals surface area contributed by atoms with Crippen LogP contribution in [0, 0.1) is 0 Å². The van der Waals surface area contributed by atoms with E-state index >= 15 is 0 Å². The minimum Gasteiger partial charge on any atom is -0.397 e. The van der Waals surface area contributed by atoms with E-state index in [4.69, 9.17) is 11.5 Å². The van der Waals surface area contributed by atoms with E-state index in [-0.39, 0.29) is 18.4 Å². The lowest BCUT2D eigenvalue weighted by atomic mass is 10.1. The maximum absolute atomic E-state index is 12.8. The molecular formula is C24H30N4O2SSi. The quantitative estimate of drug-likeness (QED) is 0.338. The Kier molecular flexibility index (Phi) is 7.50. The lowest BCUT2D eigenvalue weighted by Crippen LogP contribution is -2.45. The van der Waals surface area contributed by atoms with Gasteiger partial charge in [0, 0.05) is 23.2 Å². The highest BCUT2D eigenvalue weighted by Gasteiger charge is 2.22. The van der Waals surface area contributed by atoms with E-state index in [0.717, 1.165) is 22.2 Å². The molecule has 0 atom stereocenters. The molecule has 8 heteroatoms. The van der Waals surface area contributed by atoms with Crippen molar-refractivity contribution in [3.63, 3.8) is 0 Å². The molecular weight excluding hydrogens is 436 g/mol. The van der Waals surface area contributed by atoms with E-state index in [0.29, 0.717) is 23.5 Å². The predicted octanol–water partition coefficient (Wildman–Crippen LogP) is 4.41. The monoisotopic (exact) mass is 466 g/mol. The number of nitrogen functional groups attached to an aromatic ring is 1. The summed E-state index contributed by atoms with van der Waals surface area (Å²) < 4.78 is 0. The highest BCUT2D eigenvalue weighted by atomic mass is 32.1. The lowest BCUT2D eigenvalue weighted by molar-refractivity contribution is -0.129. The van der Waals surface area contributed by atoms with E-state index < -0.39 is 8.07 Å². The Morgan fingerprint density at radius 3 is 2.38 bits per heavy atom. The summed E-state index contributed by atoms with van der Waals surface area (Å²) in [6.45, 7) is 7.14. The van der Waals surface area contributed by atoms with Crippen molar-refractivity contribution in [3.8, 4) is 10.4 Å². The van der Waals surface area contributed by atoms with Crippen LogP contribution in [-0.2, 0) is 11.3 Å². The van der Waals surface area contributed by atoms with Crippen LogP contribution in [0.3, 0.4) is 0 Å². The normalized spacial score (nSPS) is 11.2. The van der Waals surface area contributed by atoms with Gasteiger partial charge in [0.05, 0.1) is 26.0 Å². The number of hydrogen-bond donors (Lipinski definition) is 3. The van der Waals surface area contributed by atoms with Crippen molar-refractivity contribution in [2.24, 2.45) is 5.73 Å². The van der Waals surface area contributed by atoms with E-state index in [9.17, 15) is 9.59 Å². The van der Waals surface area contributed by atoms with Crippen LogP contribution in [0.5, 0.6) is 0 Å². The van der Waals surface area contributed by atoms with Crippen LogP contribution in [0.4, 0.5) is 11.4 Å². The van der Waals surface area contributed by atoms with Crippen LogP contribution in [0.15, 0.2) is 60.0 Å². The SMILES string of the molecule is C[Si](C)(C)CN(Cc1ccc(C(=O)Nc2cc(-c3cccs3)ccc2N)cc1)C(=O)CN. The second-order valence-electron chi connectivity index (χ2n) is 8.94. The topological polar surface area (TPSA) is 101 Å². The Morgan fingerprint density at radius 2 is 1.78 bits per heavy atom. The van der Waals surface area contributed by atoms with Gasteiger partial charge in [0.25, 0.3) is 5.91 Å². The number of rotatable bonds is 8. The molecule has 3 rings (SSSR count). The average Bonchev–Trinajstić information content (AvgIpc) is 3.28. The van der Waals surface area contributed by atoms with Crippen LogP contribution < -0.4 is 16.8 Å². The fourth-order valence-corrected chi connectivity index (χ4v) is 5.53. The second kappa shape index (κ2) is 10.1. The first-order valence-corrected chi connectivity index (χ1v) is 15.1. The number of carbonyl (C=O) groups is 2. The van der Waals surface area contributed by atoms with E-state index in [1.807, 2.05) is 46.7 Å². The zero-order valence-corrected chi connectivity index (χ0v) is 20.5. The number of nitrogens with zero attached hydrogens (tertiary/aromatic N) is 1. The molecule has 168 valence electrons. The van der Waals surface area contributed by atoms with Crippen LogP contribution in [0.1, 0.15) is 15.9 Å². The van der Waals surface area contributed by atoms with E-state index in [1.54, 1.807) is 29.5 Å². The predicted molar refractivity (Wildman–Crippen MR) is 136 cm³/mol. The van der Waals surface area contributed by atoms with E-state index in [2.05, 4.69) is 25.0 Å². The lowest BCUT2D eigenvalue weighted by Gasteiger charge is -2.28. The molecule has 0 aliphatic heterocycles. The van der Waals surface area contributed by atoms with Crippen LogP contribution in [-0.4, -0.2) is 37.5 Å². The third-order valence-corrected chi connectivity index (χ3v) is 7.14. The van der Waals surface area contributed by atoms with Crippen molar-refractivity contribution in [2.75, 3.05) is 23.8 Å². The molecule has 0 saturated carbocycles. The van der Waals surface area contributed by atoms with Crippen molar-refractivity contribution in [3.05, 3.63) is 71.1 Å². The van der Waals surface area contributed by atoms with E-state index in [1.165, 1.54) is 0 Å². The standard InChI is InChI=1S/C24H30N4O2SSi/c1-32(2,3)16-28(23(29)14-25)15-17-6-8-18(9-7-17)24(30)27-21-13-19(10-11-20(21)26)22-5-4-12-31-22/h4-13H,14-16,25-26H2,1-3H3,(H,27,30). The van der Waals surface area contributed by atoms with Gasteiger partial charge in [0.2, 0.25) is 5.91 Å². The summed E-state index contributed by atoms with van der Waals surface area (Å²) in [6.07, 6.45) is 0.741. The molecule has 0 saturated heterocycles. The molecule has 1 heterocycles. The van der Waals surface area contributed by atoms with Gasteiger partial charge in [-0.15, -0.1) is 11.3 Å². The molecule has 2 aromatic carbocycles. The summed E-state index contributed by atoms with van der Waals surface area (Å²) in [5.41, 5.74) is 15.3. The Labute approximate surface area is 194 Å². The molecule has 3 aromatic rings. The average molecular weight is 467 g/mol. The zero-order chi connectivity index (χ0) is 23.3. The second-order valence-corrected chi connectivity index (χ2v) is 15.3. The van der Waals surface area contributed by atoms with Gasteiger partial charge >= 0.3 is 0 Å². The fraction of sp³-hybridized carbons (Fsp3) is 0.250. The van der Waals surface area contributed by atoms with Crippen LogP contribution in [0.25, 0.3) is 10.4 Å². The Balaban J connectivity index is 1.71. The van der Waals surface area contributed by atoms with Crippen molar-refractivity contribution < 1.29 is 9.59 Å². The molecule has 0 spiro atoms. The highest BCUT2D eigenvalue weighted by molar-refractivity contribution is 7.13. The molecule has 5 N–H and O–H groups in total. The van der Waals surface area contributed by atoms with Gasteiger partial charge in [0.1, 0.15) is 0 Å². The first-order valence-electron chi connectivity index (χ1n) is 10.5. The Hall–Kier alpha value is -2.94. The first-order chi connectivity index (χ1) is 15.2. The fourth-order valence-electron chi connectivity index (χ4n) is 3.37. The summed E-state index contributed by atoms with van der Waals surface area (Å²) in [7, 11) is -1.48. The van der Waals surface area contributed by atoms with Gasteiger partial charge in [0.15, 0.2) is 0 Å². The molecule has 0 aliphatic rings. The minimum absolute atomic E-state index is 0.00305. The highest BCUT2D eigenvalue weighted by Crippen LogP contribution is 2.30. The van der Waals surface area contributed by atoms with Crippen molar-refractivity contribution >= 4 is 42.6 Å². The zero-order valence-electron chi connectivity index (χ0n) is 18.7. The third kappa shape index (κ3) is 6.29. The minimum atomic E-state index is -1.48. The Morgan fingerprint density at radius 1 is 1.06 bits per heavy atom. The molecule has 1 aromatic heterocycles. The van der Waals surface area contributed by atoms with Gasteiger partial charge in [-0.05, 0) is 46.8 Å². The summed E-state index contributed by atoms with van der Waals surface area (Å²) in [5.74, 6) is -0.293. The number of nitrogens with two attached hydrogens (primary N) is 2. The van der Waals surface area contributed by atoms with Crippen molar-refractivity contribution in [2.45, 2.75) is 26.2 Å².